The Labute approximate surface area is 183 Å². The van der Waals surface area contributed by atoms with Gasteiger partial charge in [-0.15, -0.1) is 0 Å². The van der Waals surface area contributed by atoms with E-state index in [0.29, 0.717) is 11.3 Å². The van der Waals surface area contributed by atoms with Gasteiger partial charge in [-0.3, -0.25) is 9.69 Å². The van der Waals surface area contributed by atoms with Crippen LogP contribution in [0, 0.1) is 5.82 Å². The summed E-state index contributed by atoms with van der Waals surface area (Å²) in [6, 6.07) is 12.4. The third-order valence-corrected chi connectivity index (χ3v) is 5.81. The zero-order valence-electron chi connectivity index (χ0n) is 16.8. The van der Waals surface area contributed by atoms with E-state index in [1.54, 1.807) is 36.3 Å². The van der Waals surface area contributed by atoms with Crippen LogP contribution in [-0.4, -0.2) is 41.2 Å². The van der Waals surface area contributed by atoms with Crippen LogP contribution in [-0.2, 0) is 15.3 Å². The van der Waals surface area contributed by atoms with Gasteiger partial charge in [0.25, 0.3) is 0 Å². The smallest absolute Gasteiger partial charge is 0.414 e. The maximum absolute atomic E-state index is 14.8. The van der Waals surface area contributed by atoms with Crippen LogP contribution in [0.5, 0.6) is 0 Å². The summed E-state index contributed by atoms with van der Waals surface area (Å²) in [4.78, 5) is 31.8. The Morgan fingerprint density at radius 3 is 2.81 bits per heavy atom. The van der Waals surface area contributed by atoms with E-state index in [9.17, 15) is 14.0 Å². The van der Waals surface area contributed by atoms with Crippen LogP contribution in [0.4, 0.5) is 14.9 Å². The van der Waals surface area contributed by atoms with Crippen molar-refractivity contribution in [3.63, 3.8) is 0 Å². The van der Waals surface area contributed by atoms with Crippen molar-refractivity contribution in [2.24, 2.45) is 0 Å². The standard InChI is InChI=1S/C22H21FN4O3S/c1-14(28)26-11-18-12-27(22(29)30-18)17-6-7-19(20(23)10-17)16-4-2-15(3-5-16)13-31-21-24-8-9-25-21/h2-10,18H,11-13H2,1H3,(H,24,25)(H,26,28)/t18-/m0/s1. The van der Waals surface area contributed by atoms with Crippen molar-refractivity contribution >= 4 is 29.4 Å². The van der Waals surface area contributed by atoms with Crippen LogP contribution in [0.3, 0.4) is 0 Å². The van der Waals surface area contributed by atoms with Crippen LogP contribution in [0.2, 0.25) is 0 Å². The van der Waals surface area contributed by atoms with E-state index in [1.165, 1.54) is 17.9 Å². The Morgan fingerprint density at radius 2 is 2.13 bits per heavy atom. The minimum Gasteiger partial charge on any atom is -0.442 e. The van der Waals surface area contributed by atoms with Gasteiger partial charge in [0.2, 0.25) is 5.91 Å². The summed E-state index contributed by atoms with van der Waals surface area (Å²) < 4.78 is 20.1. The molecule has 7 nitrogen and oxygen atoms in total. The fourth-order valence-electron chi connectivity index (χ4n) is 3.26. The van der Waals surface area contributed by atoms with Crippen LogP contribution < -0.4 is 10.2 Å². The van der Waals surface area contributed by atoms with E-state index >= 15 is 0 Å². The molecule has 1 aliphatic heterocycles. The summed E-state index contributed by atoms with van der Waals surface area (Å²) in [7, 11) is 0. The van der Waals surface area contributed by atoms with Gasteiger partial charge >= 0.3 is 6.09 Å². The number of aromatic amines is 1. The second-order valence-corrected chi connectivity index (χ2v) is 8.06. The van der Waals surface area contributed by atoms with E-state index in [4.69, 9.17) is 4.74 Å². The van der Waals surface area contributed by atoms with Gasteiger partial charge in [0, 0.05) is 30.6 Å². The van der Waals surface area contributed by atoms with Crippen molar-refractivity contribution < 1.29 is 18.7 Å². The van der Waals surface area contributed by atoms with Gasteiger partial charge in [0.05, 0.1) is 18.8 Å². The van der Waals surface area contributed by atoms with Crippen molar-refractivity contribution in [1.29, 1.82) is 0 Å². The highest BCUT2D eigenvalue weighted by Gasteiger charge is 2.32. The van der Waals surface area contributed by atoms with Gasteiger partial charge in [0.1, 0.15) is 11.9 Å². The summed E-state index contributed by atoms with van der Waals surface area (Å²) >= 11 is 1.59. The molecule has 2 amide bonds. The molecular formula is C22H21FN4O3S. The van der Waals surface area contributed by atoms with Gasteiger partial charge in [-0.25, -0.2) is 14.2 Å². The fourth-order valence-corrected chi connectivity index (χ4v) is 4.05. The lowest BCUT2D eigenvalue weighted by Crippen LogP contribution is -2.33. The van der Waals surface area contributed by atoms with Crippen LogP contribution in [0.15, 0.2) is 60.0 Å². The lowest BCUT2D eigenvalue weighted by Gasteiger charge is -2.14. The number of hydrogen-bond acceptors (Lipinski definition) is 5. The largest absolute Gasteiger partial charge is 0.442 e. The Balaban J connectivity index is 1.42. The van der Waals surface area contributed by atoms with E-state index in [1.807, 2.05) is 24.3 Å². The molecule has 0 saturated carbocycles. The molecule has 0 aliphatic carbocycles. The normalized spacial score (nSPS) is 15.7. The molecule has 1 saturated heterocycles. The number of carbonyl (C=O) groups excluding carboxylic acids is 2. The maximum atomic E-state index is 14.8. The Hall–Kier alpha value is -3.33. The number of H-pyrrole nitrogens is 1. The maximum Gasteiger partial charge on any atom is 0.414 e. The van der Waals surface area contributed by atoms with E-state index in [2.05, 4.69) is 15.3 Å². The molecule has 1 aliphatic rings. The van der Waals surface area contributed by atoms with Crippen molar-refractivity contribution in [2.45, 2.75) is 23.9 Å². The Bertz CT molecular complexity index is 1070. The molecule has 9 heteroatoms. The fraction of sp³-hybridized carbons (Fsp3) is 0.227. The first-order chi connectivity index (χ1) is 15.0. The number of hydrogen-bond donors (Lipinski definition) is 2. The van der Waals surface area contributed by atoms with E-state index in [0.717, 1.165) is 22.0 Å². The number of amides is 2. The average molecular weight is 441 g/mol. The zero-order valence-corrected chi connectivity index (χ0v) is 17.6. The molecule has 31 heavy (non-hydrogen) atoms. The van der Waals surface area contributed by atoms with Gasteiger partial charge in [-0.1, -0.05) is 36.0 Å². The summed E-state index contributed by atoms with van der Waals surface area (Å²) in [6.45, 7) is 1.87. The van der Waals surface area contributed by atoms with Crippen molar-refractivity contribution in [3.05, 3.63) is 66.2 Å². The second kappa shape index (κ2) is 9.22. The molecule has 0 unspecified atom stereocenters. The molecule has 3 aromatic rings. The van der Waals surface area contributed by atoms with E-state index in [-0.39, 0.29) is 19.0 Å². The minimum atomic E-state index is -0.555. The first-order valence-corrected chi connectivity index (χ1v) is 10.7. The molecule has 0 spiro atoms. The molecule has 1 atom stereocenters. The number of benzene rings is 2. The number of anilines is 1. The van der Waals surface area contributed by atoms with Crippen LogP contribution in [0.25, 0.3) is 11.1 Å². The number of halogens is 1. The van der Waals surface area contributed by atoms with Crippen molar-refractivity contribution in [3.8, 4) is 11.1 Å². The molecule has 2 aromatic carbocycles. The third kappa shape index (κ3) is 5.05. The lowest BCUT2D eigenvalue weighted by molar-refractivity contribution is -0.119. The second-order valence-electron chi connectivity index (χ2n) is 7.10. The molecule has 2 N–H and O–H groups in total. The SMILES string of the molecule is CC(=O)NC[C@H]1CN(c2ccc(-c3ccc(CSc4ncc[nH]4)cc3)c(F)c2)C(=O)O1. The van der Waals surface area contributed by atoms with Gasteiger partial charge < -0.3 is 15.0 Å². The molecule has 1 fully saturated rings. The summed E-state index contributed by atoms with van der Waals surface area (Å²) in [5.41, 5.74) is 2.73. The number of carbonyl (C=O) groups is 2. The first kappa shape index (κ1) is 20.9. The molecule has 0 bridgehead atoms. The zero-order chi connectivity index (χ0) is 21.8. The number of aromatic nitrogens is 2. The summed E-state index contributed by atoms with van der Waals surface area (Å²) in [5, 5.41) is 3.47. The van der Waals surface area contributed by atoms with Crippen LogP contribution in [0.1, 0.15) is 12.5 Å². The molecular weight excluding hydrogens is 419 g/mol. The number of ether oxygens (including phenoxy) is 1. The number of cyclic esters (lactones) is 1. The predicted octanol–water partition coefficient (Wildman–Crippen LogP) is 3.97. The number of thioether (sulfide) groups is 1. The number of nitrogens with one attached hydrogen (secondary N) is 2. The topological polar surface area (TPSA) is 87.3 Å². The first-order valence-electron chi connectivity index (χ1n) is 9.73. The van der Waals surface area contributed by atoms with Crippen LogP contribution >= 0.6 is 11.8 Å². The van der Waals surface area contributed by atoms with Gasteiger partial charge in [0.15, 0.2) is 5.16 Å². The number of imidazole rings is 1. The van der Waals surface area contributed by atoms with Gasteiger partial charge in [-0.05, 0) is 29.3 Å². The average Bonchev–Trinajstić information content (AvgIpc) is 3.41. The molecule has 2 heterocycles. The lowest BCUT2D eigenvalue weighted by atomic mass is 10.0. The number of nitrogens with zero attached hydrogens (tertiary/aromatic N) is 2. The molecule has 160 valence electrons. The highest BCUT2D eigenvalue weighted by atomic mass is 32.2. The summed E-state index contributed by atoms with van der Waals surface area (Å²) in [6.07, 6.45) is 2.47. The Kier molecular flexibility index (Phi) is 6.22. The quantitative estimate of drug-likeness (QED) is 0.543. The van der Waals surface area contributed by atoms with Crippen molar-refractivity contribution in [2.75, 3.05) is 18.0 Å². The van der Waals surface area contributed by atoms with Gasteiger partial charge in [-0.2, -0.15) is 0 Å². The minimum absolute atomic E-state index is 0.199. The highest BCUT2D eigenvalue weighted by molar-refractivity contribution is 7.98. The number of rotatable bonds is 7. The predicted molar refractivity (Wildman–Crippen MR) is 116 cm³/mol. The van der Waals surface area contributed by atoms with Crippen molar-refractivity contribution in [1.82, 2.24) is 15.3 Å². The monoisotopic (exact) mass is 440 g/mol. The molecule has 4 rings (SSSR count). The Morgan fingerprint density at radius 1 is 1.32 bits per heavy atom. The molecule has 1 aromatic heterocycles. The van der Waals surface area contributed by atoms with E-state index < -0.39 is 18.0 Å². The molecule has 0 radical (unpaired) electrons. The third-order valence-electron chi connectivity index (χ3n) is 4.83. The highest BCUT2D eigenvalue weighted by Crippen LogP contribution is 2.30. The summed E-state index contributed by atoms with van der Waals surface area (Å²) in [5.74, 6) is 0.134.